The van der Waals surface area contributed by atoms with Gasteiger partial charge < -0.3 is 14.4 Å². The van der Waals surface area contributed by atoms with Crippen molar-refractivity contribution < 1.29 is 19.1 Å². The number of carbonyl (C=O) groups is 2. The Kier molecular flexibility index (Phi) is 3.23. The number of hydrogen-bond donors (Lipinski definition) is 1. The molecule has 0 aromatic heterocycles. The van der Waals surface area contributed by atoms with Gasteiger partial charge in [-0.15, -0.1) is 0 Å². The zero-order valence-electron chi connectivity index (χ0n) is 12.3. The molecule has 2 aliphatic heterocycles. The summed E-state index contributed by atoms with van der Waals surface area (Å²) in [4.78, 5) is 25.5. The van der Waals surface area contributed by atoms with E-state index in [1.54, 1.807) is 19.1 Å². The number of carbonyl (C=O) groups excluding carboxylic acids is 2. The second kappa shape index (κ2) is 4.95. The number of nitrogens with zero attached hydrogens (tertiary/aromatic N) is 1. The minimum atomic E-state index is -0.316. The largest absolute Gasteiger partial charge is 0.493 e. The van der Waals surface area contributed by atoms with E-state index in [-0.39, 0.29) is 30.4 Å². The van der Waals surface area contributed by atoms with Crippen molar-refractivity contribution in [3.8, 4) is 11.5 Å². The van der Waals surface area contributed by atoms with Crippen molar-refractivity contribution in [2.75, 3.05) is 14.2 Å². The lowest BCUT2D eigenvalue weighted by atomic mass is 9.86. The summed E-state index contributed by atoms with van der Waals surface area (Å²) in [7, 11) is 3.17. The minimum Gasteiger partial charge on any atom is -0.493 e. The molecule has 2 aliphatic rings. The molecule has 6 heteroatoms. The Balaban J connectivity index is 2.11. The topological polar surface area (TPSA) is 67.9 Å². The zero-order chi connectivity index (χ0) is 15.1. The molecule has 6 nitrogen and oxygen atoms in total. The van der Waals surface area contributed by atoms with Crippen LogP contribution < -0.4 is 14.8 Å². The van der Waals surface area contributed by atoms with Crippen molar-refractivity contribution in [1.82, 2.24) is 10.2 Å². The predicted molar refractivity (Wildman–Crippen MR) is 75.4 cm³/mol. The van der Waals surface area contributed by atoms with Gasteiger partial charge in [-0.25, -0.2) is 4.79 Å². The van der Waals surface area contributed by atoms with Crippen molar-refractivity contribution >= 4 is 11.9 Å². The molecule has 1 N–H and O–H groups in total. The van der Waals surface area contributed by atoms with Crippen LogP contribution in [0.1, 0.15) is 30.5 Å². The highest BCUT2D eigenvalue weighted by molar-refractivity contribution is 5.97. The van der Waals surface area contributed by atoms with Crippen molar-refractivity contribution in [2.24, 2.45) is 0 Å². The fourth-order valence-electron chi connectivity index (χ4n) is 3.26. The third kappa shape index (κ3) is 2.11. The molecule has 2 atom stereocenters. The van der Waals surface area contributed by atoms with Crippen LogP contribution in [-0.2, 0) is 11.2 Å². The van der Waals surface area contributed by atoms with Crippen LogP contribution >= 0.6 is 0 Å². The van der Waals surface area contributed by atoms with E-state index in [2.05, 4.69) is 5.32 Å². The second-order valence-corrected chi connectivity index (χ2v) is 5.44. The van der Waals surface area contributed by atoms with Crippen LogP contribution in [0, 0.1) is 0 Å². The van der Waals surface area contributed by atoms with Gasteiger partial charge in [0.1, 0.15) is 0 Å². The first-order valence-corrected chi connectivity index (χ1v) is 6.92. The molecule has 1 fully saturated rings. The van der Waals surface area contributed by atoms with Crippen LogP contribution in [0.15, 0.2) is 12.1 Å². The van der Waals surface area contributed by atoms with Gasteiger partial charge in [0.2, 0.25) is 5.91 Å². The van der Waals surface area contributed by atoms with Crippen LogP contribution in [-0.4, -0.2) is 37.1 Å². The van der Waals surface area contributed by atoms with Gasteiger partial charge in [0.15, 0.2) is 11.5 Å². The molecule has 0 aliphatic carbocycles. The summed E-state index contributed by atoms with van der Waals surface area (Å²) in [6, 6.07) is 3.31. The monoisotopic (exact) mass is 290 g/mol. The summed E-state index contributed by atoms with van der Waals surface area (Å²) < 4.78 is 10.7. The molecule has 3 rings (SSSR count). The molecular formula is C15H18N2O4. The van der Waals surface area contributed by atoms with Crippen molar-refractivity contribution in [2.45, 2.75) is 31.8 Å². The number of hydrogen-bond acceptors (Lipinski definition) is 4. The van der Waals surface area contributed by atoms with Crippen LogP contribution in [0.2, 0.25) is 0 Å². The fourth-order valence-corrected chi connectivity index (χ4v) is 3.26. The number of fused-ring (bicyclic) bond motifs is 3. The molecule has 1 aromatic rings. The highest BCUT2D eigenvalue weighted by Crippen LogP contribution is 2.42. The van der Waals surface area contributed by atoms with E-state index in [1.807, 2.05) is 19.1 Å². The Hall–Kier alpha value is -2.24. The zero-order valence-corrected chi connectivity index (χ0v) is 12.3. The number of methoxy groups -OCH3 is 2. The standard InChI is InChI=1S/C15H18N2O4/c1-8-4-9-5-12(20-2)13(21-3)6-10(9)11-7-14(18)16-15(19)17(8)11/h5-6,8,11H,4,7H2,1-3H3,(H,16,18,19)/t8-,11?/m1/s1. The molecule has 0 bridgehead atoms. The summed E-state index contributed by atoms with van der Waals surface area (Å²) in [5, 5.41) is 2.38. The van der Waals surface area contributed by atoms with Gasteiger partial charge in [-0.05, 0) is 36.6 Å². The lowest BCUT2D eigenvalue weighted by Gasteiger charge is -2.44. The Labute approximate surface area is 123 Å². The van der Waals surface area contributed by atoms with Crippen molar-refractivity contribution in [3.63, 3.8) is 0 Å². The van der Waals surface area contributed by atoms with E-state index < -0.39 is 0 Å². The van der Waals surface area contributed by atoms with Crippen LogP contribution in [0.25, 0.3) is 0 Å². The number of benzene rings is 1. The first kappa shape index (κ1) is 13.7. The lowest BCUT2D eigenvalue weighted by molar-refractivity contribution is -0.123. The van der Waals surface area contributed by atoms with Crippen molar-refractivity contribution in [3.05, 3.63) is 23.3 Å². The smallest absolute Gasteiger partial charge is 0.324 e. The SMILES string of the molecule is COc1cc2c(cc1OC)C1CC(=O)NC(=O)N1[C@H](C)C2. The lowest BCUT2D eigenvalue weighted by Crippen LogP contribution is -2.56. The molecule has 2 heterocycles. The average molecular weight is 290 g/mol. The molecule has 0 spiro atoms. The van der Waals surface area contributed by atoms with Gasteiger partial charge in [0, 0.05) is 6.04 Å². The molecule has 1 unspecified atom stereocenters. The minimum absolute atomic E-state index is 0.0358. The van der Waals surface area contributed by atoms with E-state index in [1.165, 1.54) is 0 Å². The van der Waals surface area contributed by atoms with E-state index >= 15 is 0 Å². The Morgan fingerprint density at radius 1 is 1.14 bits per heavy atom. The fraction of sp³-hybridized carbons (Fsp3) is 0.467. The number of ether oxygens (including phenoxy) is 2. The molecule has 0 radical (unpaired) electrons. The summed E-state index contributed by atoms with van der Waals surface area (Å²) in [6.45, 7) is 1.99. The molecule has 112 valence electrons. The van der Waals surface area contributed by atoms with E-state index in [0.29, 0.717) is 11.5 Å². The highest BCUT2D eigenvalue weighted by atomic mass is 16.5. The van der Waals surface area contributed by atoms with Crippen LogP contribution in [0.3, 0.4) is 0 Å². The predicted octanol–water partition coefficient (Wildman–Crippen LogP) is 1.63. The second-order valence-electron chi connectivity index (χ2n) is 5.44. The number of imide groups is 1. The van der Waals surface area contributed by atoms with Crippen molar-refractivity contribution in [1.29, 1.82) is 0 Å². The first-order valence-electron chi connectivity index (χ1n) is 6.92. The molecule has 0 saturated carbocycles. The quantitative estimate of drug-likeness (QED) is 0.899. The normalized spacial score (nSPS) is 24.0. The number of rotatable bonds is 2. The number of urea groups is 1. The van der Waals surface area contributed by atoms with Gasteiger partial charge in [0.05, 0.1) is 26.7 Å². The Bertz CT molecular complexity index is 614. The van der Waals surface area contributed by atoms with Gasteiger partial charge in [0.25, 0.3) is 0 Å². The molecule has 21 heavy (non-hydrogen) atoms. The third-order valence-electron chi connectivity index (χ3n) is 4.19. The highest BCUT2D eigenvalue weighted by Gasteiger charge is 2.41. The van der Waals surface area contributed by atoms with Crippen LogP contribution in [0.5, 0.6) is 11.5 Å². The third-order valence-corrected chi connectivity index (χ3v) is 4.19. The first-order chi connectivity index (χ1) is 10.0. The Morgan fingerprint density at radius 2 is 1.81 bits per heavy atom. The number of amides is 3. The van der Waals surface area contributed by atoms with Crippen LogP contribution in [0.4, 0.5) is 4.79 Å². The summed E-state index contributed by atoms with van der Waals surface area (Å²) in [5.74, 6) is 1.05. The average Bonchev–Trinajstić information content (AvgIpc) is 2.45. The summed E-state index contributed by atoms with van der Waals surface area (Å²) >= 11 is 0. The maximum Gasteiger partial charge on any atom is 0.324 e. The Morgan fingerprint density at radius 3 is 2.48 bits per heavy atom. The molecule has 3 amide bonds. The number of nitrogens with one attached hydrogen (secondary N) is 1. The van der Waals surface area contributed by atoms with Gasteiger partial charge >= 0.3 is 6.03 Å². The molecule has 1 aromatic carbocycles. The van der Waals surface area contributed by atoms with Gasteiger partial charge in [-0.1, -0.05) is 0 Å². The summed E-state index contributed by atoms with van der Waals surface area (Å²) in [6.07, 6.45) is 1.01. The van der Waals surface area contributed by atoms with E-state index in [9.17, 15) is 9.59 Å². The molecular weight excluding hydrogens is 272 g/mol. The van der Waals surface area contributed by atoms with E-state index in [4.69, 9.17) is 9.47 Å². The maximum absolute atomic E-state index is 12.1. The van der Waals surface area contributed by atoms with Gasteiger partial charge in [-0.3, -0.25) is 10.1 Å². The van der Waals surface area contributed by atoms with Gasteiger partial charge in [-0.2, -0.15) is 0 Å². The molecule has 1 saturated heterocycles. The van der Waals surface area contributed by atoms with E-state index in [0.717, 1.165) is 17.5 Å². The summed E-state index contributed by atoms with van der Waals surface area (Å²) in [5.41, 5.74) is 2.07. The maximum atomic E-state index is 12.1.